The van der Waals surface area contributed by atoms with E-state index in [0.717, 1.165) is 36.6 Å². The van der Waals surface area contributed by atoms with E-state index >= 15 is 0 Å². The van der Waals surface area contributed by atoms with E-state index in [1.807, 2.05) is 18.2 Å². The first kappa shape index (κ1) is 14.0. The molecule has 1 heterocycles. The first-order chi connectivity index (χ1) is 10.3. The Hall–Kier alpha value is -2.00. The van der Waals surface area contributed by atoms with Crippen LogP contribution in [-0.4, -0.2) is 20.8 Å². The van der Waals surface area contributed by atoms with Crippen LogP contribution in [0.2, 0.25) is 0 Å². The fraction of sp³-hybridized carbons (Fsp3) is 0.333. The van der Waals surface area contributed by atoms with Crippen LogP contribution in [0, 0.1) is 0 Å². The molecule has 1 aliphatic rings. The molecule has 0 aliphatic carbocycles. The van der Waals surface area contributed by atoms with Crippen LogP contribution >= 0.6 is 0 Å². The minimum absolute atomic E-state index is 0.445. The maximum atomic E-state index is 5.52. The molecule has 0 amide bonds. The van der Waals surface area contributed by atoms with Crippen LogP contribution in [0.3, 0.4) is 0 Å². The molecule has 3 heteroatoms. The second-order valence-corrected chi connectivity index (χ2v) is 5.37. The van der Waals surface area contributed by atoms with Crippen molar-refractivity contribution >= 4 is 0 Å². The Morgan fingerprint density at radius 1 is 1.00 bits per heavy atom. The normalized spacial score (nSPS) is 17.1. The maximum Gasteiger partial charge on any atom is 0.125 e. The lowest BCUT2D eigenvalue weighted by Gasteiger charge is -2.27. The van der Waals surface area contributed by atoms with E-state index in [4.69, 9.17) is 9.47 Å². The van der Waals surface area contributed by atoms with Gasteiger partial charge in [-0.1, -0.05) is 30.3 Å². The summed E-state index contributed by atoms with van der Waals surface area (Å²) in [4.78, 5) is 0. The predicted octanol–water partition coefficient (Wildman–Crippen LogP) is 3.13. The maximum absolute atomic E-state index is 5.52. The van der Waals surface area contributed by atoms with E-state index in [0.29, 0.717) is 5.92 Å². The van der Waals surface area contributed by atoms with Crippen molar-refractivity contribution in [3.8, 4) is 11.5 Å². The summed E-state index contributed by atoms with van der Waals surface area (Å²) in [5, 5.41) is 3.50. The summed E-state index contributed by atoms with van der Waals surface area (Å²) in [6.45, 7) is 1.94. The Balaban J connectivity index is 1.95. The van der Waals surface area contributed by atoms with Gasteiger partial charge in [0.2, 0.25) is 0 Å². The molecule has 1 aliphatic heterocycles. The van der Waals surface area contributed by atoms with E-state index < -0.39 is 0 Å². The zero-order valence-electron chi connectivity index (χ0n) is 12.6. The van der Waals surface area contributed by atoms with Gasteiger partial charge >= 0.3 is 0 Å². The number of ether oxygens (including phenoxy) is 2. The molecule has 21 heavy (non-hydrogen) atoms. The Bertz CT molecular complexity index is 602. The first-order valence-corrected chi connectivity index (χ1v) is 7.32. The topological polar surface area (TPSA) is 30.5 Å². The van der Waals surface area contributed by atoms with Crippen LogP contribution in [0.1, 0.15) is 22.6 Å². The number of rotatable bonds is 4. The largest absolute Gasteiger partial charge is 0.496 e. The molecule has 0 fully saturated rings. The third-order valence-corrected chi connectivity index (χ3v) is 4.18. The quantitative estimate of drug-likeness (QED) is 0.935. The highest BCUT2D eigenvalue weighted by atomic mass is 16.5. The van der Waals surface area contributed by atoms with E-state index in [2.05, 4.69) is 29.6 Å². The lowest BCUT2D eigenvalue weighted by Crippen LogP contribution is -2.29. The molecular weight excluding hydrogens is 262 g/mol. The summed E-state index contributed by atoms with van der Waals surface area (Å²) in [5.74, 6) is 2.25. The number of benzene rings is 2. The minimum Gasteiger partial charge on any atom is -0.496 e. The van der Waals surface area contributed by atoms with Gasteiger partial charge in [-0.15, -0.1) is 0 Å². The lowest BCUT2D eigenvalue weighted by molar-refractivity contribution is 0.381. The van der Waals surface area contributed by atoms with Crippen LogP contribution < -0.4 is 14.8 Å². The van der Waals surface area contributed by atoms with Crippen molar-refractivity contribution in [3.05, 3.63) is 59.2 Å². The molecule has 2 aromatic carbocycles. The first-order valence-electron chi connectivity index (χ1n) is 7.32. The van der Waals surface area contributed by atoms with Gasteiger partial charge in [-0.3, -0.25) is 0 Å². The molecule has 0 radical (unpaired) electrons. The van der Waals surface area contributed by atoms with Crippen LogP contribution in [0.4, 0.5) is 0 Å². The summed E-state index contributed by atoms with van der Waals surface area (Å²) in [6, 6.07) is 14.6. The van der Waals surface area contributed by atoms with E-state index in [1.165, 1.54) is 11.1 Å². The highest BCUT2D eigenvalue weighted by Crippen LogP contribution is 2.35. The number of nitrogens with one attached hydrogen (secondary N) is 1. The van der Waals surface area contributed by atoms with Crippen LogP contribution in [0.5, 0.6) is 11.5 Å². The highest BCUT2D eigenvalue weighted by Gasteiger charge is 2.22. The Morgan fingerprint density at radius 2 is 1.71 bits per heavy atom. The second kappa shape index (κ2) is 6.19. The molecule has 1 unspecified atom stereocenters. The summed E-state index contributed by atoms with van der Waals surface area (Å²) in [7, 11) is 3.43. The molecule has 2 aromatic rings. The fourth-order valence-electron chi connectivity index (χ4n) is 3.14. The van der Waals surface area contributed by atoms with E-state index in [-0.39, 0.29) is 0 Å². The second-order valence-electron chi connectivity index (χ2n) is 5.37. The number of methoxy groups -OCH3 is 2. The van der Waals surface area contributed by atoms with Crippen LogP contribution in [0.15, 0.2) is 42.5 Å². The fourth-order valence-corrected chi connectivity index (χ4v) is 3.14. The summed E-state index contributed by atoms with van der Waals surface area (Å²) in [6.07, 6.45) is 0.914. The van der Waals surface area contributed by atoms with Crippen LogP contribution in [0.25, 0.3) is 0 Å². The average molecular weight is 283 g/mol. The van der Waals surface area contributed by atoms with Crippen molar-refractivity contribution in [1.29, 1.82) is 0 Å². The summed E-state index contributed by atoms with van der Waals surface area (Å²) in [5.41, 5.74) is 3.97. The third kappa shape index (κ3) is 2.74. The molecule has 3 rings (SSSR count). The van der Waals surface area contributed by atoms with Crippen molar-refractivity contribution in [1.82, 2.24) is 5.32 Å². The third-order valence-electron chi connectivity index (χ3n) is 4.18. The number of fused-ring (bicyclic) bond motifs is 1. The van der Waals surface area contributed by atoms with Gasteiger partial charge in [-0.05, 0) is 29.7 Å². The molecule has 0 spiro atoms. The Kier molecular flexibility index (Phi) is 4.11. The summed E-state index contributed by atoms with van der Waals surface area (Å²) >= 11 is 0. The van der Waals surface area contributed by atoms with E-state index in [9.17, 15) is 0 Å². The van der Waals surface area contributed by atoms with Crippen molar-refractivity contribution in [2.75, 3.05) is 20.8 Å². The predicted molar refractivity (Wildman–Crippen MR) is 84.1 cm³/mol. The van der Waals surface area contributed by atoms with E-state index in [1.54, 1.807) is 14.2 Å². The van der Waals surface area contributed by atoms with Crippen LogP contribution in [-0.2, 0) is 13.0 Å². The molecule has 0 saturated carbocycles. The molecular formula is C18H21NO2. The monoisotopic (exact) mass is 283 g/mol. The standard InChI is InChI=1S/C18H21NO2/c1-20-17-8-5-9-18(21-2)16(17)10-14-12-19-11-13-6-3-4-7-15(13)14/h3-9,14,19H,10-12H2,1-2H3. The lowest BCUT2D eigenvalue weighted by atomic mass is 9.86. The van der Waals surface area contributed by atoms with Crippen molar-refractivity contribution in [3.63, 3.8) is 0 Å². The highest BCUT2D eigenvalue weighted by molar-refractivity contribution is 5.46. The molecule has 0 bridgehead atoms. The zero-order chi connectivity index (χ0) is 14.7. The van der Waals surface area contributed by atoms with Gasteiger partial charge in [0.05, 0.1) is 14.2 Å². The number of hydrogen-bond donors (Lipinski definition) is 1. The number of hydrogen-bond acceptors (Lipinski definition) is 3. The molecule has 0 saturated heterocycles. The Morgan fingerprint density at radius 3 is 2.43 bits per heavy atom. The zero-order valence-corrected chi connectivity index (χ0v) is 12.6. The molecule has 1 atom stereocenters. The van der Waals surface area contributed by atoms with Gasteiger partial charge in [-0.2, -0.15) is 0 Å². The molecule has 1 N–H and O–H groups in total. The van der Waals surface area contributed by atoms with Gasteiger partial charge in [0.15, 0.2) is 0 Å². The van der Waals surface area contributed by atoms with Gasteiger partial charge in [0.25, 0.3) is 0 Å². The van der Waals surface area contributed by atoms with Gasteiger partial charge in [0.1, 0.15) is 11.5 Å². The SMILES string of the molecule is COc1cccc(OC)c1CC1CNCc2ccccc21. The molecule has 0 aromatic heterocycles. The van der Waals surface area contributed by atoms with Gasteiger partial charge < -0.3 is 14.8 Å². The minimum atomic E-state index is 0.445. The Labute approximate surface area is 125 Å². The smallest absolute Gasteiger partial charge is 0.125 e. The van der Waals surface area contributed by atoms with Gasteiger partial charge in [0, 0.05) is 24.6 Å². The van der Waals surface area contributed by atoms with Crippen molar-refractivity contribution < 1.29 is 9.47 Å². The van der Waals surface area contributed by atoms with Crippen molar-refractivity contribution in [2.45, 2.75) is 18.9 Å². The van der Waals surface area contributed by atoms with Gasteiger partial charge in [-0.25, -0.2) is 0 Å². The molecule has 110 valence electrons. The van der Waals surface area contributed by atoms with Crippen molar-refractivity contribution in [2.24, 2.45) is 0 Å². The molecule has 3 nitrogen and oxygen atoms in total. The summed E-state index contributed by atoms with van der Waals surface area (Å²) < 4.78 is 11.0. The average Bonchev–Trinajstić information content (AvgIpc) is 2.55.